The molecule has 0 aliphatic rings. The van der Waals surface area contributed by atoms with Gasteiger partial charge in [-0.25, -0.2) is 8.42 Å². The topological polar surface area (TPSA) is 84.5 Å². The summed E-state index contributed by atoms with van der Waals surface area (Å²) >= 11 is 1.12. The largest absolute Gasteiger partial charge is 0.495 e. The van der Waals surface area contributed by atoms with Crippen molar-refractivity contribution in [2.45, 2.75) is 4.21 Å². The molecule has 1 heterocycles. The number of thiophene rings is 1. The molecule has 2 N–H and O–H groups in total. The van der Waals surface area contributed by atoms with Crippen LogP contribution >= 0.6 is 11.3 Å². The van der Waals surface area contributed by atoms with Crippen LogP contribution in [0.3, 0.4) is 0 Å². The number of methoxy groups -OCH3 is 1. The highest BCUT2D eigenvalue weighted by molar-refractivity contribution is 7.94. The van der Waals surface area contributed by atoms with Crippen LogP contribution in [0.15, 0.2) is 39.9 Å². The van der Waals surface area contributed by atoms with E-state index in [0.29, 0.717) is 5.56 Å². The van der Waals surface area contributed by atoms with Crippen LogP contribution in [0.1, 0.15) is 10.4 Å². The molecule has 1 aromatic carbocycles. The highest BCUT2D eigenvalue weighted by Gasteiger charge is 2.18. The molecule has 0 aliphatic carbocycles. The van der Waals surface area contributed by atoms with E-state index in [1.807, 2.05) is 0 Å². The molecule has 0 saturated heterocycles. The van der Waals surface area contributed by atoms with E-state index in [4.69, 9.17) is 4.74 Å². The lowest BCUT2D eigenvalue weighted by atomic mass is 10.2. The second-order valence-electron chi connectivity index (χ2n) is 4.03. The molecule has 0 spiro atoms. The van der Waals surface area contributed by atoms with Crippen molar-refractivity contribution >= 4 is 33.0 Å². The van der Waals surface area contributed by atoms with Crippen molar-refractivity contribution in [3.05, 3.63) is 41.3 Å². The van der Waals surface area contributed by atoms with Gasteiger partial charge in [0, 0.05) is 12.6 Å². The van der Waals surface area contributed by atoms with Gasteiger partial charge in [-0.3, -0.25) is 9.52 Å². The molecule has 21 heavy (non-hydrogen) atoms. The molecule has 1 aromatic heterocycles. The minimum Gasteiger partial charge on any atom is -0.495 e. The summed E-state index contributed by atoms with van der Waals surface area (Å²) in [7, 11) is -0.729. The fraction of sp³-hybridized carbons (Fsp3) is 0.154. The van der Waals surface area contributed by atoms with Gasteiger partial charge in [0.15, 0.2) is 0 Å². The number of hydrogen-bond donors (Lipinski definition) is 2. The SMILES string of the molecule is CNC(=O)c1ccc(NS(=O)(=O)c2cccs2)c(OC)c1. The standard InChI is InChI=1S/C13H14N2O4S2/c1-14-13(16)9-5-6-10(11(8-9)19-2)15-21(17,18)12-4-3-7-20-12/h3-8,15H,1-2H3,(H,14,16). The molecular formula is C13H14N2O4S2. The van der Waals surface area contributed by atoms with Crippen LogP contribution in [0.4, 0.5) is 5.69 Å². The van der Waals surface area contributed by atoms with Crippen molar-refractivity contribution in [1.82, 2.24) is 5.32 Å². The molecule has 112 valence electrons. The molecule has 0 fully saturated rings. The van der Waals surface area contributed by atoms with E-state index < -0.39 is 10.0 Å². The van der Waals surface area contributed by atoms with Crippen molar-refractivity contribution in [1.29, 1.82) is 0 Å². The average molecular weight is 326 g/mol. The summed E-state index contributed by atoms with van der Waals surface area (Å²) in [5.74, 6) is -0.00260. The molecule has 1 amide bonds. The summed E-state index contributed by atoms with van der Waals surface area (Å²) < 4.78 is 32.1. The maximum absolute atomic E-state index is 12.2. The number of ether oxygens (including phenoxy) is 1. The summed E-state index contributed by atoms with van der Waals surface area (Å²) in [6, 6.07) is 7.66. The molecule has 0 bridgehead atoms. The zero-order chi connectivity index (χ0) is 15.5. The van der Waals surface area contributed by atoms with Gasteiger partial charge < -0.3 is 10.1 Å². The zero-order valence-electron chi connectivity index (χ0n) is 11.4. The smallest absolute Gasteiger partial charge is 0.271 e. The minimum absolute atomic E-state index is 0.208. The minimum atomic E-state index is -3.65. The van der Waals surface area contributed by atoms with E-state index in [0.717, 1.165) is 11.3 Å². The van der Waals surface area contributed by atoms with Crippen LogP contribution in [0.2, 0.25) is 0 Å². The Balaban J connectivity index is 2.35. The highest BCUT2D eigenvalue weighted by atomic mass is 32.2. The van der Waals surface area contributed by atoms with Gasteiger partial charge in [-0.1, -0.05) is 6.07 Å². The molecule has 2 rings (SSSR count). The Kier molecular flexibility index (Phi) is 4.49. The predicted octanol–water partition coefficient (Wildman–Crippen LogP) is 1.92. The number of benzene rings is 1. The Hall–Kier alpha value is -2.06. The van der Waals surface area contributed by atoms with Gasteiger partial charge in [0.1, 0.15) is 9.96 Å². The van der Waals surface area contributed by atoms with E-state index >= 15 is 0 Å². The van der Waals surface area contributed by atoms with Crippen LogP contribution in [-0.2, 0) is 10.0 Å². The van der Waals surface area contributed by atoms with Crippen LogP contribution in [0.25, 0.3) is 0 Å². The second-order valence-corrected chi connectivity index (χ2v) is 6.89. The third-order valence-corrected chi connectivity index (χ3v) is 5.46. The number of carbonyl (C=O) groups excluding carboxylic acids is 1. The molecule has 0 unspecified atom stereocenters. The van der Waals surface area contributed by atoms with Crippen molar-refractivity contribution in [2.75, 3.05) is 18.9 Å². The van der Waals surface area contributed by atoms with E-state index in [2.05, 4.69) is 10.0 Å². The molecule has 0 aliphatic heterocycles. The van der Waals surface area contributed by atoms with E-state index in [1.165, 1.54) is 38.4 Å². The number of anilines is 1. The quantitative estimate of drug-likeness (QED) is 0.879. The number of hydrogen-bond acceptors (Lipinski definition) is 5. The number of nitrogens with one attached hydrogen (secondary N) is 2. The fourth-order valence-electron chi connectivity index (χ4n) is 1.67. The van der Waals surface area contributed by atoms with Crippen molar-refractivity contribution in [2.24, 2.45) is 0 Å². The first-order valence-electron chi connectivity index (χ1n) is 5.94. The van der Waals surface area contributed by atoms with Crippen molar-refractivity contribution < 1.29 is 17.9 Å². The molecule has 2 aromatic rings. The third kappa shape index (κ3) is 3.34. The number of amides is 1. The number of carbonyl (C=O) groups is 1. The van der Waals surface area contributed by atoms with E-state index in [-0.39, 0.29) is 21.6 Å². The lowest BCUT2D eigenvalue weighted by molar-refractivity contribution is 0.0963. The maximum Gasteiger partial charge on any atom is 0.271 e. The van der Waals surface area contributed by atoms with Gasteiger partial charge in [-0.15, -0.1) is 11.3 Å². The summed E-state index contributed by atoms with van der Waals surface area (Å²) in [5.41, 5.74) is 0.659. The zero-order valence-corrected chi connectivity index (χ0v) is 13.0. The fourth-order valence-corrected chi connectivity index (χ4v) is 3.74. The third-order valence-electron chi connectivity index (χ3n) is 2.70. The monoisotopic (exact) mass is 326 g/mol. The lowest BCUT2D eigenvalue weighted by Gasteiger charge is -2.12. The predicted molar refractivity (Wildman–Crippen MR) is 81.5 cm³/mol. The first-order chi connectivity index (χ1) is 9.97. The number of rotatable bonds is 5. The summed E-state index contributed by atoms with van der Waals surface area (Å²) in [6.45, 7) is 0. The Morgan fingerprint density at radius 3 is 2.62 bits per heavy atom. The first kappa shape index (κ1) is 15.3. The van der Waals surface area contributed by atoms with Crippen molar-refractivity contribution in [3.63, 3.8) is 0 Å². The molecule has 0 saturated carbocycles. The van der Waals surface area contributed by atoms with Gasteiger partial charge in [-0.05, 0) is 29.6 Å². The van der Waals surface area contributed by atoms with Gasteiger partial charge >= 0.3 is 0 Å². The Bertz CT molecular complexity index is 740. The van der Waals surface area contributed by atoms with Gasteiger partial charge in [-0.2, -0.15) is 0 Å². The van der Waals surface area contributed by atoms with Crippen LogP contribution in [0, 0.1) is 0 Å². The Morgan fingerprint density at radius 1 is 1.29 bits per heavy atom. The highest BCUT2D eigenvalue weighted by Crippen LogP contribution is 2.29. The molecule has 0 atom stereocenters. The lowest BCUT2D eigenvalue weighted by Crippen LogP contribution is -2.18. The average Bonchev–Trinajstić information content (AvgIpc) is 3.01. The van der Waals surface area contributed by atoms with Gasteiger partial charge in [0.05, 0.1) is 12.8 Å². The first-order valence-corrected chi connectivity index (χ1v) is 8.30. The Morgan fingerprint density at radius 2 is 2.05 bits per heavy atom. The molecule has 0 radical (unpaired) electrons. The molecule has 8 heteroatoms. The van der Waals surface area contributed by atoms with Crippen LogP contribution in [0.5, 0.6) is 5.75 Å². The van der Waals surface area contributed by atoms with Crippen LogP contribution in [-0.4, -0.2) is 28.5 Å². The van der Waals surface area contributed by atoms with E-state index in [9.17, 15) is 13.2 Å². The summed E-state index contributed by atoms with van der Waals surface area (Å²) in [4.78, 5) is 11.6. The maximum atomic E-state index is 12.2. The second kappa shape index (κ2) is 6.15. The van der Waals surface area contributed by atoms with Crippen molar-refractivity contribution in [3.8, 4) is 5.75 Å². The van der Waals surface area contributed by atoms with Gasteiger partial charge in [0.25, 0.3) is 15.9 Å². The molecule has 6 nitrogen and oxygen atoms in total. The van der Waals surface area contributed by atoms with Crippen LogP contribution < -0.4 is 14.8 Å². The normalized spacial score (nSPS) is 11.0. The molecular weight excluding hydrogens is 312 g/mol. The number of sulfonamides is 1. The van der Waals surface area contributed by atoms with E-state index in [1.54, 1.807) is 11.4 Å². The summed E-state index contributed by atoms with van der Waals surface area (Å²) in [5, 5.41) is 4.17. The summed E-state index contributed by atoms with van der Waals surface area (Å²) in [6.07, 6.45) is 0. The Labute approximate surface area is 126 Å². The van der Waals surface area contributed by atoms with Gasteiger partial charge in [0.2, 0.25) is 0 Å².